The maximum Gasteiger partial charge on any atom is 0.269 e. The molecule has 0 unspecified atom stereocenters. The second-order valence-corrected chi connectivity index (χ2v) is 8.64. The molecule has 10 heteroatoms. The van der Waals surface area contributed by atoms with Crippen LogP contribution in [0.3, 0.4) is 0 Å². The Morgan fingerprint density at radius 2 is 1.70 bits per heavy atom. The number of rotatable bonds is 5. The van der Waals surface area contributed by atoms with Crippen LogP contribution in [0.25, 0.3) is 0 Å². The van der Waals surface area contributed by atoms with Gasteiger partial charge in [0.25, 0.3) is 5.69 Å². The number of nitro benzene ring substituents is 1. The normalized spacial score (nSPS) is 16.6. The first-order chi connectivity index (χ1) is 12.7. The highest BCUT2D eigenvalue weighted by Gasteiger charge is 2.29. The highest BCUT2D eigenvalue weighted by atomic mass is 32.2. The van der Waals surface area contributed by atoms with Gasteiger partial charge in [-0.3, -0.25) is 19.7 Å². The van der Waals surface area contributed by atoms with Gasteiger partial charge in [-0.05, 0) is 26.0 Å². The van der Waals surface area contributed by atoms with Crippen molar-refractivity contribution in [3.05, 3.63) is 51.3 Å². The molecule has 1 aromatic heterocycles. The van der Waals surface area contributed by atoms with Crippen molar-refractivity contribution < 1.29 is 13.3 Å². The minimum atomic E-state index is -3.65. The number of benzene rings is 1. The predicted molar refractivity (Wildman–Crippen MR) is 99.8 cm³/mol. The van der Waals surface area contributed by atoms with Gasteiger partial charge in [-0.2, -0.15) is 9.40 Å². The molecule has 27 heavy (non-hydrogen) atoms. The fraction of sp³-hybridized carbons (Fsp3) is 0.471. The third-order valence-electron chi connectivity index (χ3n) is 5.06. The first-order valence-electron chi connectivity index (χ1n) is 8.66. The first-order valence-corrected chi connectivity index (χ1v) is 10.1. The van der Waals surface area contributed by atoms with Crippen LogP contribution >= 0.6 is 0 Å². The molecule has 9 nitrogen and oxygen atoms in total. The summed E-state index contributed by atoms with van der Waals surface area (Å²) in [6, 6.07) is 5.03. The smallest absolute Gasteiger partial charge is 0.269 e. The lowest BCUT2D eigenvalue weighted by atomic mass is 10.1. The van der Waals surface area contributed by atoms with E-state index in [-0.39, 0.29) is 10.6 Å². The Balaban J connectivity index is 1.66. The van der Waals surface area contributed by atoms with E-state index < -0.39 is 14.9 Å². The van der Waals surface area contributed by atoms with E-state index in [1.54, 1.807) is 0 Å². The third-order valence-corrected chi connectivity index (χ3v) is 6.97. The summed E-state index contributed by atoms with van der Waals surface area (Å²) in [4.78, 5) is 12.5. The number of nitro groups is 1. The van der Waals surface area contributed by atoms with Gasteiger partial charge in [0, 0.05) is 63.2 Å². The second kappa shape index (κ2) is 7.37. The average Bonchev–Trinajstić information content (AvgIpc) is 2.88. The summed E-state index contributed by atoms with van der Waals surface area (Å²) in [7, 11) is -1.73. The van der Waals surface area contributed by atoms with E-state index in [9.17, 15) is 18.5 Å². The minimum absolute atomic E-state index is 0.0838. The van der Waals surface area contributed by atoms with Crippen molar-refractivity contribution in [1.29, 1.82) is 0 Å². The number of aryl methyl sites for hydroxylation is 2. The van der Waals surface area contributed by atoms with Gasteiger partial charge in [0.1, 0.15) is 0 Å². The summed E-state index contributed by atoms with van der Waals surface area (Å²) >= 11 is 0. The standard InChI is InChI=1S/C17H23N5O4S/c1-13-17(14(2)19(3)18-13)12-20-8-10-21(11-9-20)27(25,26)16-6-4-15(5-7-16)22(23)24/h4-7H,8-12H2,1-3H3. The zero-order chi connectivity index (χ0) is 19.8. The molecule has 1 aliphatic heterocycles. The van der Waals surface area contributed by atoms with E-state index >= 15 is 0 Å². The number of hydrogen-bond donors (Lipinski definition) is 0. The maximum absolute atomic E-state index is 12.8. The van der Waals surface area contributed by atoms with Crippen LogP contribution in [0.4, 0.5) is 5.69 Å². The van der Waals surface area contributed by atoms with Crippen molar-refractivity contribution in [3.8, 4) is 0 Å². The fourth-order valence-electron chi connectivity index (χ4n) is 3.29. The molecular formula is C17H23N5O4S. The molecule has 0 radical (unpaired) electrons. The van der Waals surface area contributed by atoms with Crippen molar-refractivity contribution in [2.75, 3.05) is 26.2 Å². The Bertz CT molecular complexity index is 944. The number of hydrogen-bond acceptors (Lipinski definition) is 6. The van der Waals surface area contributed by atoms with E-state index in [2.05, 4.69) is 10.00 Å². The summed E-state index contributed by atoms with van der Waals surface area (Å²) in [5, 5.41) is 15.2. The summed E-state index contributed by atoms with van der Waals surface area (Å²) < 4.78 is 28.8. The van der Waals surface area contributed by atoms with Gasteiger partial charge in [0.05, 0.1) is 15.5 Å². The molecule has 2 heterocycles. The molecule has 0 N–H and O–H groups in total. The number of aromatic nitrogens is 2. The number of non-ortho nitro benzene ring substituents is 1. The molecular weight excluding hydrogens is 370 g/mol. The maximum atomic E-state index is 12.8. The molecule has 1 saturated heterocycles. The molecule has 0 amide bonds. The van der Waals surface area contributed by atoms with Crippen LogP contribution in [0.15, 0.2) is 29.2 Å². The van der Waals surface area contributed by atoms with Crippen molar-refractivity contribution >= 4 is 15.7 Å². The van der Waals surface area contributed by atoms with Gasteiger partial charge in [-0.15, -0.1) is 0 Å². The predicted octanol–water partition coefficient (Wildman–Crippen LogP) is 1.45. The first kappa shape index (κ1) is 19.5. The van der Waals surface area contributed by atoms with Gasteiger partial charge in [0.15, 0.2) is 0 Å². The fourth-order valence-corrected chi connectivity index (χ4v) is 4.71. The van der Waals surface area contributed by atoms with E-state index in [0.29, 0.717) is 26.2 Å². The highest BCUT2D eigenvalue weighted by Crippen LogP contribution is 2.22. The van der Waals surface area contributed by atoms with Crippen LogP contribution in [0, 0.1) is 24.0 Å². The summed E-state index contributed by atoms with van der Waals surface area (Å²) in [6.45, 7) is 6.79. The summed E-state index contributed by atoms with van der Waals surface area (Å²) in [5.41, 5.74) is 3.18. The third kappa shape index (κ3) is 3.87. The van der Waals surface area contributed by atoms with Crippen LogP contribution in [0.1, 0.15) is 17.0 Å². The lowest BCUT2D eigenvalue weighted by Gasteiger charge is -2.34. The van der Waals surface area contributed by atoms with Crippen LogP contribution in [0.2, 0.25) is 0 Å². The monoisotopic (exact) mass is 393 g/mol. The minimum Gasteiger partial charge on any atom is -0.296 e. The van der Waals surface area contributed by atoms with Gasteiger partial charge >= 0.3 is 0 Å². The van der Waals surface area contributed by atoms with Gasteiger partial charge in [-0.25, -0.2) is 8.42 Å². The van der Waals surface area contributed by atoms with Crippen molar-refractivity contribution in [2.24, 2.45) is 7.05 Å². The molecule has 146 valence electrons. The molecule has 1 aromatic carbocycles. The zero-order valence-electron chi connectivity index (χ0n) is 15.6. The van der Waals surface area contributed by atoms with Crippen molar-refractivity contribution in [3.63, 3.8) is 0 Å². The highest BCUT2D eigenvalue weighted by molar-refractivity contribution is 7.89. The quantitative estimate of drug-likeness (QED) is 0.563. The Hall–Kier alpha value is -2.30. The van der Waals surface area contributed by atoms with E-state index in [1.165, 1.54) is 34.1 Å². The summed E-state index contributed by atoms with van der Waals surface area (Å²) in [5.74, 6) is 0. The Morgan fingerprint density at radius 3 is 2.19 bits per heavy atom. The topological polar surface area (TPSA) is 102 Å². The lowest BCUT2D eigenvalue weighted by Crippen LogP contribution is -2.48. The molecule has 1 aliphatic rings. The molecule has 0 aliphatic carbocycles. The molecule has 0 saturated carbocycles. The van der Waals surface area contributed by atoms with Crippen molar-refractivity contribution in [1.82, 2.24) is 19.0 Å². The van der Waals surface area contributed by atoms with E-state index in [0.717, 1.165) is 17.9 Å². The average molecular weight is 393 g/mol. The Morgan fingerprint density at radius 1 is 1.11 bits per heavy atom. The lowest BCUT2D eigenvalue weighted by molar-refractivity contribution is -0.384. The molecule has 1 fully saturated rings. The number of sulfonamides is 1. The number of nitrogens with zero attached hydrogens (tertiary/aromatic N) is 5. The van der Waals surface area contributed by atoms with E-state index in [1.807, 2.05) is 25.6 Å². The second-order valence-electron chi connectivity index (χ2n) is 6.70. The van der Waals surface area contributed by atoms with Crippen LogP contribution in [0.5, 0.6) is 0 Å². The molecule has 0 atom stereocenters. The van der Waals surface area contributed by atoms with Crippen LogP contribution in [-0.2, 0) is 23.6 Å². The zero-order valence-corrected chi connectivity index (χ0v) is 16.4. The van der Waals surface area contributed by atoms with Gasteiger partial charge in [-0.1, -0.05) is 0 Å². The molecule has 3 rings (SSSR count). The molecule has 0 spiro atoms. The Labute approximate surface area is 158 Å². The SMILES string of the molecule is Cc1nn(C)c(C)c1CN1CCN(S(=O)(=O)c2ccc([N+](=O)[O-])cc2)CC1. The van der Waals surface area contributed by atoms with Gasteiger partial charge < -0.3 is 0 Å². The Kier molecular flexibility index (Phi) is 5.31. The largest absolute Gasteiger partial charge is 0.296 e. The van der Waals surface area contributed by atoms with Crippen LogP contribution < -0.4 is 0 Å². The summed E-state index contributed by atoms with van der Waals surface area (Å²) in [6.07, 6.45) is 0. The van der Waals surface area contributed by atoms with Crippen LogP contribution in [-0.4, -0.2) is 58.5 Å². The van der Waals surface area contributed by atoms with E-state index in [4.69, 9.17) is 0 Å². The number of piperazine rings is 1. The van der Waals surface area contributed by atoms with Gasteiger partial charge in [0.2, 0.25) is 10.0 Å². The molecule has 2 aromatic rings. The molecule has 0 bridgehead atoms. The van der Waals surface area contributed by atoms with Crippen molar-refractivity contribution in [2.45, 2.75) is 25.3 Å².